The van der Waals surface area contributed by atoms with Crippen LogP contribution in [0.2, 0.25) is 5.02 Å². The molecule has 2 aromatic carbocycles. The molecule has 1 amide bonds. The first-order valence-corrected chi connectivity index (χ1v) is 9.07. The van der Waals surface area contributed by atoms with Crippen LogP contribution in [0.25, 0.3) is 0 Å². The van der Waals surface area contributed by atoms with Crippen molar-refractivity contribution in [3.63, 3.8) is 0 Å². The van der Waals surface area contributed by atoms with E-state index in [1.165, 1.54) is 18.2 Å². The van der Waals surface area contributed by atoms with Gasteiger partial charge in [-0.3, -0.25) is 14.9 Å². The van der Waals surface area contributed by atoms with Crippen LogP contribution in [-0.4, -0.2) is 17.4 Å². The van der Waals surface area contributed by atoms with E-state index in [0.29, 0.717) is 0 Å². The number of ether oxygens (including phenoxy) is 1. The normalized spacial score (nSPS) is 10.9. The molecule has 0 saturated carbocycles. The van der Waals surface area contributed by atoms with Crippen molar-refractivity contribution in [3.05, 3.63) is 62.7 Å². The number of para-hydroxylation sites is 1. The van der Waals surface area contributed by atoms with Gasteiger partial charge < -0.3 is 10.1 Å². The van der Waals surface area contributed by atoms with Crippen molar-refractivity contribution in [1.29, 1.82) is 0 Å². The number of carbonyl (C=O) groups excluding carboxylic acids is 1. The van der Waals surface area contributed by atoms with E-state index in [4.69, 9.17) is 16.3 Å². The van der Waals surface area contributed by atoms with Gasteiger partial charge in [0.1, 0.15) is 0 Å². The first-order chi connectivity index (χ1) is 12.7. The van der Waals surface area contributed by atoms with Gasteiger partial charge in [0.25, 0.3) is 5.91 Å². The summed E-state index contributed by atoms with van der Waals surface area (Å²) >= 11 is 5.79. The Balaban J connectivity index is 2.19. The van der Waals surface area contributed by atoms with Gasteiger partial charge in [-0.25, -0.2) is 0 Å². The molecule has 0 aliphatic carbocycles. The molecule has 0 bridgehead atoms. The summed E-state index contributed by atoms with van der Waals surface area (Å²) in [6.07, 6.45) is 0. The third kappa shape index (κ3) is 5.20. The van der Waals surface area contributed by atoms with Crippen molar-refractivity contribution in [1.82, 2.24) is 0 Å². The lowest BCUT2D eigenvalue weighted by atomic mass is 9.92. The monoisotopic (exact) mass is 390 g/mol. The standard InChI is InChI=1S/C20H23ClN2O4/c1-12(2)15-6-5-7-16(13(3)4)20(15)22-19(24)11-27-18-9-8-14(21)10-17(18)23(25)26/h5-10,12-13H,11H2,1-4H3,(H,22,24). The van der Waals surface area contributed by atoms with Gasteiger partial charge in [-0.1, -0.05) is 57.5 Å². The summed E-state index contributed by atoms with van der Waals surface area (Å²) in [6, 6.07) is 10.0. The summed E-state index contributed by atoms with van der Waals surface area (Å²) in [5.74, 6) is 0.0876. The van der Waals surface area contributed by atoms with Crippen molar-refractivity contribution in [2.75, 3.05) is 11.9 Å². The molecule has 0 aliphatic heterocycles. The molecular weight excluding hydrogens is 368 g/mol. The van der Waals surface area contributed by atoms with Gasteiger partial charge in [0, 0.05) is 16.8 Å². The average Bonchev–Trinajstić information content (AvgIpc) is 2.60. The molecule has 0 radical (unpaired) electrons. The predicted octanol–water partition coefficient (Wildman–Crippen LogP) is 5.51. The Kier molecular flexibility index (Phi) is 6.80. The molecule has 2 aromatic rings. The third-order valence-corrected chi connectivity index (χ3v) is 4.35. The molecule has 1 N–H and O–H groups in total. The second-order valence-corrected chi connectivity index (χ2v) is 7.26. The maximum Gasteiger partial charge on any atom is 0.312 e. The maximum absolute atomic E-state index is 12.5. The molecule has 27 heavy (non-hydrogen) atoms. The average molecular weight is 391 g/mol. The molecule has 0 spiro atoms. The first kappa shape index (κ1) is 20.7. The number of nitro groups is 1. The molecule has 0 atom stereocenters. The number of nitro benzene ring substituents is 1. The van der Waals surface area contributed by atoms with Crippen molar-refractivity contribution < 1.29 is 14.5 Å². The highest BCUT2D eigenvalue weighted by atomic mass is 35.5. The lowest BCUT2D eigenvalue weighted by Crippen LogP contribution is -2.22. The summed E-state index contributed by atoms with van der Waals surface area (Å²) in [5.41, 5.74) is 2.57. The zero-order valence-corrected chi connectivity index (χ0v) is 16.5. The van der Waals surface area contributed by atoms with Crippen molar-refractivity contribution in [3.8, 4) is 5.75 Å². The summed E-state index contributed by atoms with van der Waals surface area (Å²) in [4.78, 5) is 23.0. The van der Waals surface area contributed by atoms with Crippen LogP contribution < -0.4 is 10.1 Å². The maximum atomic E-state index is 12.5. The van der Waals surface area contributed by atoms with Gasteiger partial charge >= 0.3 is 5.69 Å². The molecule has 6 nitrogen and oxygen atoms in total. The van der Waals surface area contributed by atoms with Gasteiger partial charge in [0.2, 0.25) is 0 Å². The minimum Gasteiger partial charge on any atom is -0.477 e. The number of anilines is 1. The number of nitrogens with zero attached hydrogens (tertiary/aromatic N) is 1. The zero-order valence-electron chi connectivity index (χ0n) is 15.8. The summed E-state index contributed by atoms with van der Waals surface area (Å²) < 4.78 is 5.38. The third-order valence-electron chi connectivity index (χ3n) is 4.11. The zero-order chi connectivity index (χ0) is 20.1. The number of carbonyl (C=O) groups is 1. The highest BCUT2D eigenvalue weighted by Gasteiger charge is 2.19. The van der Waals surface area contributed by atoms with Gasteiger partial charge in [0.15, 0.2) is 12.4 Å². The van der Waals surface area contributed by atoms with E-state index in [1.807, 2.05) is 18.2 Å². The Morgan fingerprint density at radius 2 is 1.74 bits per heavy atom. The number of benzene rings is 2. The SMILES string of the molecule is CC(C)c1cccc(C(C)C)c1NC(=O)COc1ccc(Cl)cc1[N+](=O)[O-]. The van der Waals surface area contributed by atoms with E-state index in [1.54, 1.807) is 0 Å². The van der Waals surface area contributed by atoms with E-state index in [9.17, 15) is 14.9 Å². The Morgan fingerprint density at radius 1 is 1.15 bits per heavy atom. The molecule has 0 fully saturated rings. The highest BCUT2D eigenvalue weighted by molar-refractivity contribution is 6.30. The molecule has 0 aliphatic rings. The largest absolute Gasteiger partial charge is 0.477 e. The van der Waals surface area contributed by atoms with E-state index < -0.39 is 4.92 Å². The molecule has 0 aromatic heterocycles. The van der Waals surface area contributed by atoms with Crippen LogP contribution in [0.1, 0.15) is 50.7 Å². The summed E-state index contributed by atoms with van der Waals surface area (Å²) in [6.45, 7) is 7.89. The second kappa shape index (κ2) is 8.86. The lowest BCUT2D eigenvalue weighted by molar-refractivity contribution is -0.385. The fourth-order valence-corrected chi connectivity index (χ4v) is 2.94. The number of halogens is 1. The Bertz CT molecular complexity index is 824. The number of rotatable bonds is 7. The number of hydrogen-bond acceptors (Lipinski definition) is 4. The fourth-order valence-electron chi connectivity index (χ4n) is 2.77. The van der Waals surface area contributed by atoms with E-state index in [-0.39, 0.29) is 40.8 Å². The molecule has 7 heteroatoms. The molecule has 0 saturated heterocycles. The van der Waals surface area contributed by atoms with E-state index >= 15 is 0 Å². The lowest BCUT2D eigenvalue weighted by Gasteiger charge is -2.20. The van der Waals surface area contributed by atoms with Crippen LogP contribution in [-0.2, 0) is 4.79 Å². The van der Waals surface area contributed by atoms with Crippen LogP contribution in [0.4, 0.5) is 11.4 Å². The summed E-state index contributed by atoms with van der Waals surface area (Å²) in [7, 11) is 0. The van der Waals surface area contributed by atoms with Crippen molar-refractivity contribution in [2.45, 2.75) is 39.5 Å². The van der Waals surface area contributed by atoms with Gasteiger partial charge in [-0.2, -0.15) is 0 Å². The van der Waals surface area contributed by atoms with Crippen LogP contribution >= 0.6 is 11.6 Å². The number of hydrogen-bond donors (Lipinski definition) is 1. The summed E-state index contributed by atoms with van der Waals surface area (Å²) in [5, 5.41) is 14.3. The second-order valence-electron chi connectivity index (χ2n) is 6.83. The van der Waals surface area contributed by atoms with Crippen LogP contribution in [0.15, 0.2) is 36.4 Å². The Morgan fingerprint density at radius 3 is 2.26 bits per heavy atom. The highest BCUT2D eigenvalue weighted by Crippen LogP contribution is 2.33. The molecular formula is C20H23ClN2O4. The van der Waals surface area contributed by atoms with Crippen LogP contribution in [0, 0.1) is 10.1 Å². The topological polar surface area (TPSA) is 81.5 Å². The van der Waals surface area contributed by atoms with Gasteiger partial charge in [-0.15, -0.1) is 0 Å². The minimum absolute atomic E-state index is 0.000720. The minimum atomic E-state index is -0.593. The predicted molar refractivity (Wildman–Crippen MR) is 107 cm³/mol. The van der Waals surface area contributed by atoms with Crippen LogP contribution in [0.5, 0.6) is 5.75 Å². The van der Waals surface area contributed by atoms with Crippen LogP contribution in [0.3, 0.4) is 0 Å². The molecule has 0 heterocycles. The fraction of sp³-hybridized carbons (Fsp3) is 0.350. The Labute approximate surface area is 163 Å². The number of amides is 1. The molecule has 2 rings (SSSR count). The molecule has 144 valence electrons. The number of nitrogens with one attached hydrogen (secondary N) is 1. The Hall–Kier alpha value is -2.60. The van der Waals surface area contributed by atoms with E-state index in [2.05, 4.69) is 33.0 Å². The molecule has 0 unspecified atom stereocenters. The van der Waals surface area contributed by atoms with Crippen molar-refractivity contribution in [2.24, 2.45) is 0 Å². The van der Waals surface area contributed by atoms with Gasteiger partial charge in [0.05, 0.1) is 4.92 Å². The van der Waals surface area contributed by atoms with Gasteiger partial charge in [-0.05, 0) is 35.1 Å². The van der Waals surface area contributed by atoms with Crippen molar-refractivity contribution >= 4 is 28.9 Å². The van der Waals surface area contributed by atoms with E-state index in [0.717, 1.165) is 16.8 Å². The first-order valence-electron chi connectivity index (χ1n) is 8.70. The quantitative estimate of drug-likeness (QED) is 0.499. The smallest absolute Gasteiger partial charge is 0.312 e.